The van der Waals surface area contributed by atoms with Crippen molar-refractivity contribution in [1.82, 2.24) is 19.1 Å². The maximum atomic E-state index is 5.12. The van der Waals surface area contributed by atoms with Crippen LogP contribution in [0.15, 0.2) is 206 Å². The Morgan fingerprint density at radius 1 is 0.293 bits per heavy atom. The number of aromatic nitrogens is 4. The van der Waals surface area contributed by atoms with Gasteiger partial charge in [0.2, 0.25) is 0 Å². The van der Waals surface area contributed by atoms with Crippen molar-refractivity contribution in [2.45, 2.75) is 0 Å². The summed E-state index contributed by atoms with van der Waals surface area (Å²) in [6.45, 7) is 0. The smallest absolute Gasteiger partial charge is 0.160 e. The van der Waals surface area contributed by atoms with Crippen LogP contribution in [0.2, 0.25) is 0 Å². The van der Waals surface area contributed by atoms with Crippen LogP contribution in [0.3, 0.4) is 0 Å². The molecule has 12 aromatic rings. The second kappa shape index (κ2) is 12.9. The fourth-order valence-electron chi connectivity index (χ4n) is 8.97. The lowest BCUT2D eigenvalue weighted by molar-refractivity contribution is 1.16. The first-order valence-corrected chi connectivity index (χ1v) is 19.7. The van der Waals surface area contributed by atoms with E-state index in [-0.39, 0.29) is 0 Å². The Balaban J connectivity index is 1.11. The molecule has 0 aliphatic rings. The lowest BCUT2D eigenvalue weighted by atomic mass is 10.0. The number of benzene rings is 9. The first kappa shape index (κ1) is 32.4. The molecule has 4 heteroatoms. The van der Waals surface area contributed by atoms with E-state index in [0.29, 0.717) is 5.82 Å². The van der Waals surface area contributed by atoms with Crippen molar-refractivity contribution in [1.29, 1.82) is 0 Å². The summed E-state index contributed by atoms with van der Waals surface area (Å²) in [5.74, 6) is 0.697. The van der Waals surface area contributed by atoms with Gasteiger partial charge in [0.25, 0.3) is 0 Å². The van der Waals surface area contributed by atoms with Crippen molar-refractivity contribution < 1.29 is 0 Å². The minimum Gasteiger partial charge on any atom is -0.309 e. The number of hydrogen-bond acceptors (Lipinski definition) is 2. The first-order chi connectivity index (χ1) is 28.7. The molecule has 0 saturated heterocycles. The van der Waals surface area contributed by atoms with Gasteiger partial charge in [0.05, 0.1) is 33.5 Å². The predicted molar refractivity (Wildman–Crippen MR) is 242 cm³/mol. The van der Waals surface area contributed by atoms with Crippen LogP contribution in [-0.4, -0.2) is 19.1 Å². The van der Waals surface area contributed by atoms with E-state index in [2.05, 4.69) is 203 Å². The minimum atomic E-state index is 0.697. The predicted octanol–water partition coefficient (Wildman–Crippen LogP) is 14.0. The maximum absolute atomic E-state index is 5.12. The van der Waals surface area contributed by atoms with Gasteiger partial charge in [-0.3, -0.25) is 0 Å². The van der Waals surface area contributed by atoms with Crippen molar-refractivity contribution in [3.63, 3.8) is 0 Å². The molecular formula is C54H34N4. The van der Waals surface area contributed by atoms with Crippen LogP contribution in [0, 0.1) is 0 Å². The lowest BCUT2D eigenvalue weighted by Gasteiger charge is -2.12. The molecule has 0 aliphatic heterocycles. The second-order valence-corrected chi connectivity index (χ2v) is 15.0. The van der Waals surface area contributed by atoms with Crippen LogP contribution >= 0.6 is 0 Å². The van der Waals surface area contributed by atoms with E-state index in [1.807, 2.05) is 12.1 Å². The highest BCUT2D eigenvalue weighted by Crippen LogP contribution is 2.44. The molecule has 0 N–H and O–H groups in total. The summed E-state index contributed by atoms with van der Waals surface area (Å²) in [4.78, 5) is 10.2. The molecule has 270 valence electrons. The van der Waals surface area contributed by atoms with E-state index in [4.69, 9.17) is 9.97 Å². The summed E-state index contributed by atoms with van der Waals surface area (Å²) in [5, 5.41) is 9.89. The third-order valence-electron chi connectivity index (χ3n) is 11.7. The van der Waals surface area contributed by atoms with Crippen LogP contribution in [0.5, 0.6) is 0 Å². The maximum Gasteiger partial charge on any atom is 0.160 e. The van der Waals surface area contributed by atoms with Crippen LogP contribution in [0.4, 0.5) is 0 Å². The fraction of sp³-hybridized carbons (Fsp3) is 0. The Hall–Kier alpha value is -7.82. The molecule has 0 spiro atoms. The van der Waals surface area contributed by atoms with Gasteiger partial charge >= 0.3 is 0 Å². The number of rotatable bonds is 5. The number of nitrogens with zero attached hydrogens (tertiary/aromatic N) is 4. The summed E-state index contributed by atoms with van der Waals surface area (Å²) in [6.07, 6.45) is 0. The third-order valence-corrected chi connectivity index (χ3v) is 11.7. The van der Waals surface area contributed by atoms with E-state index >= 15 is 0 Å². The number of para-hydroxylation sites is 1. The van der Waals surface area contributed by atoms with Crippen LogP contribution in [0.1, 0.15) is 0 Å². The highest BCUT2D eigenvalue weighted by Gasteiger charge is 2.22. The van der Waals surface area contributed by atoms with Crippen molar-refractivity contribution in [2.24, 2.45) is 0 Å². The Labute approximate surface area is 334 Å². The highest BCUT2D eigenvalue weighted by molar-refractivity contribution is 6.30. The molecule has 0 aliphatic carbocycles. The minimum absolute atomic E-state index is 0.697. The van der Waals surface area contributed by atoms with Gasteiger partial charge in [-0.05, 0) is 100 Å². The summed E-state index contributed by atoms with van der Waals surface area (Å²) in [6, 6.07) is 73.8. The third kappa shape index (κ3) is 5.09. The standard InChI is InChI=1S/C54H34N4/c1-4-14-35(15-5-1)46-34-47(36-16-6-2-7-17-36)56-54(55-46)37-24-26-43(27-25-37)58-49-29-28-48-52(53(49)45-31-39-19-11-13-21-41(39)33-51(45)58)44-30-38-18-10-12-20-40(38)32-50(44)57(48)42-22-8-3-9-23-42/h1-34H. The molecule has 12 rings (SSSR count). The average molecular weight is 739 g/mol. The first-order valence-electron chi connectivity index (χ1n) is 19.7. The molecule has 0 atom stereocenters. The Kier molecular flexibility index (Phi) is 7.20. The molecular weight excluding hydrogens is 705 g/mol. The molecule has 9 aromatic carbocycles. The van der Waals surface area contributed by atoms with Gasteiger partial charge in [-0.25, -0.2) is 9.97 Å². The SMILES string of the molecule is c1ccc(-c2cc(-c3ccccc3)nc(-c3ccc(-n4c5cc6ccccc6cc5c5c6c7cc8ccccc8cc7n(-c7ccccc7)c6ccc54)cc3)n2)cc1. The van der Waals surface area contributed by atoms with Gasteiger partial charge in [0.15, 0.2) is 5.82 Å². The molecule has 58 heavy (non-hydrogen) atoms. The topological polar surface area (TPSA) is 35.6 Å². The number of hydrogen-bond donors (Lipinski definition) is 0. The zero-order chi connectivity index (χ0) is 38.2. The molecule has 3 aromatic heterocycles. The number of fused-ring (bicyclic) bond motifs is 9. The van der Waals surface area contributed by atoms with E-state index in [1.54, 1.807) is 0 Å². The zero-order valence-electron chi connectivity index (χ0n) is 31.4. The quantitative estimate of drug-likeness (QED) is 0.176. The van der Waals surface area contributed by atoms with Gasteiger partial charge in [0.1, 0.15) is 0 Å². The molecule has 0 bridgehead atoms. The molecule has 0 radical (unpaired) electrons. The van der Waals surface area contributed by atoms with E-state index in [0.717, 1.165) is 39.5 Å². The second-order valence-electron chi connectivity index (χ2n) is 15.0. The Morgan fingerprint density at radius 3 is 1.16 bits per heavy atom. The lowest BCUT2D eigenvalue weighted by Crippen LogP contribution is -1.97. The van der Waals surface area contributed by atoms with Gasteiger partial charge in [-0.1, -0.05) is 127 Å². The molecule has 0 fully saturated rings. The average Bonchev–Trinajstić information content (AvgIpc) is 3.79. The van der Waals surface area contributed by atoms with Gasteiger partial charge in [-0.2, -0.15) is 0 Å². The molecule has 4 nitrogen and oxygen atoms in total. The van der Waals surface area contributed by atoms with E-state index in [1.165, 1.54) is 65.2 Å². The summed E-state index contributed by atoms with van der Waals surface area (Å²) < 4.78 is 4.87. The highest BCUT2D eigenvalue weighted by atomic mass is 15.0. The van der Waals surface area contributed by atoms with Crippen molar-refractivity contribution >= 4 is 65.2 Å². The Morgan fingerprint density at radius 2 is 0.690 bits per heavy atom. The fourth-order valence-corrected chi connectivity index (χ4v) is 8.97. The largest absolute Gasteiger partial charge is 0.309 e. The van der Waals surface area contributed by atoms with Gasteiger partial charge in [-0.15, -0.1) is 0 Å². The molecule has 0 amide bonds. The van der Waals surface area contributed by atoms with Gasteiger partial charge < -0.3 is 9.13 Å². The summed E-state index contributed by atoms with van der Waals surface area (Å²) >= 11 is 0. The van der Waals surface area contributed by atoms with E-state index in [9.17, 15) is 0 Å². The Bertz CT molecular complexity index is 3470. The van der Waals surface area contributed by atoms with Crippen LogP contribution in [0.25, 0.3) is 110 Å². The van der Waals surface area contributed by atoms with Crippen molar-refractivity contribution in [3.05, 3.63) is 206 Å². The zero-order valence-corrected chi connectivity index (χ0v) is 31.4. The normalized spacial score (nSPS) is 11.8. The van der Waals surface area contributed by atoms with Crippen molar-refractivity contribution in [2.75, 3.05) is 0 Å². The summed E-state index contributed by atoms with van der Waals surface area (Å²) in [7, 11) is 0. The van der Waals surface area contributed by atoms with Crippen molar-refractivity contribution in [3.8, 4) is 45.3 Å². The van der Waals surface area contributed by atoms with Crippen LogP contribution in [-0.2, 0) is 0 Å². The molecule has 0 saturated carbocycles. The van der Waals surface area contributed by atoms with Crippen LogP contribution < -0.4 is 0 Å². The molecule has 3 heterocycles. The van der Waals surface area contributed by atoms with E-state index < -0.39 is 0 Å². The molecule has 0 unspecified atom stereocenters. The van der Waals surface area contributed by atoms with Gasteiger partial charge in [0, 0.05) is 49.6 Å². The summed E-state index contributed by atoms with van der Waals surface area (Å²) in [5.41, 5.74) is 11.8. The monoisotopic (exact) mass is 738 g/mol.